The number of amides is 2. The number of benzene rings is 1. The fraction of sp³-hybridized carbons (Fsp3) is 0.542. The summed E-state index contributed by atoms with van der Waals surface area (Å²) in [5, 5.41) is 6.42. The van der Waals surface area contributed by atoms with Crippen LogP contribution in [0.4, 0.5) is 4.39 Å². The smallest absolute Gasteiger partial charge is 0.233 e. The molecule has 2 aliphatic carbocycles. The molecule has 2 N–H and O–H groups in total. The number of imide groups is 1. The number of likely N-dealkylation sites (tertiary alicyclic amines) is 1. The molecule has 1 aromatic carbocycles. The van der Waals surface area contributed by atoms with Gasteiger partial charge in [-0.25, -0.2) is 4.39 Å². The van der Waals surface area contributed by atoms with Gasteiger partial charge in [0.2, 0.25) is 11.8 Å². The Labute approximate surface area is 211 Å². The highest BCUT2D eigenvalue weighted by Crippen LogP contribution is 2.52. The predicted molar refractivity (Wildman–Crippen MR) is 135 cm³/mol. The molecule has 1 heterocycles. The Morgan fingerprint density at radius 2 is 1.76 bits per heavy atom. The van der Waals surface area contributed by atoms with Gasteiger partial charge in [0.25, 0.3) is 0 Å². The van der Waals surface area contributed by atoms with Crippen molar-refractivity contribution in [2.75, 3.05) is 32.8 Å². The molecule has 1 saturated heterocycles. The molecule has 1 aromatic rings. The maximum absolute atomic E-state index is 12.9. The van der Waals surface area contributed by atoms with Crippen LogP contribution in [0.5, 0.6) is 5.75 Å². The number of aliphatic imine (C=N–C) groups is 1. The number of nitrogens with one attached hydrogen (secondary N) is 2. The lowest BCUT2D eigenvalue weighted by molar-refractivity contribution is -0.140. The van der Waals surface area contributed by atoms with Crippen molar-refractivity contribution < 1.29 is 18.7 Å². The zero-order valence-electron chi connectivity index (χ0n) is 18.8. The van der Waals surface area contributed by atoms with Crippen LogP contribution in [0.2, 0.25) is 0 Å². The fourth-order valence-electron chi connectivity index (χ4n) is 4.94. The van der Waals surface area contributed by atoms with Crippen LogP contribution in [0.15, 0.2) is 41.4 Å². The number of ether oxygens (including phenoxy) is 1. The second-order valence-corrected chi connectivity index (χ2v) is 8.52. The van der Waals surface area contributed by atoms with Crippen LogP contribution in [-0.4, -0.2) is 55.5 Å². The molecule has 2 fully saturated rings. The van der Waals surface area contributed by atoms with Crippen molar-refractivity contribution in [3.63, 3.8) is 0 Å². The molecule has 0 radical (unpaired) electrons. The minimum atomic E-state index is -0.277. The molecule has 9 heteroatoms. The van der Waals surface area contributed by atoms with E-state index in [-0.39, 0.29) is 65.3 Å². The van der Waals surface area contributed by atoms with Crippen LogP contribution in [0.25, 0.3) is 0 Å². The van der Waals surface area contributed by atoms with E-state index in [1.165, 1.54) is 17.0 Å². The van der Waals surface area contributed by atoms with Gasteiger partial charge in [-0.1, -0.05) is 12.2 Å². The van der Waals surface area contributed by atoms with Crippen LogP contribution >= 0.6 is 24.0 Å². The average molecular weight is 570 g/mol. The number of rotatable bonds is 10. The highest BCUT2D eigenvalue weighted by atomic mass is 127. The van der Waals surface area contributed by atoms with Crippen molar-refractivity contribution in [2.24, 2.45) is 28.7 Å². The molecule has 2 amide bonds. The third kappa shape index (κ3) is 5.85. The summed E-state index contributed by atoms with van der Waals surface area (Å²) in [6.07, 6.45) is 6.85. The SMILES string of the molecule is CCNC(=NCCCCOc1ccc(F)cc1)NCCN1C(=O)C2C3C=CC(C3)C2C1=O.I. The number of carbonyl (C=O) groups is 2. The van der Waals surface area contributed by atoms with E-state index in [1.807, 2.05) is 6.92 Å². The third-order valence-corrected chi connectivity index (χ3v) is 6.44. The normalized spacial score (nSPS) is 25.3. The van der Waals surface area contributed by atoms with Crippen LogP contribution < -0.4 is 15.4 Å². The standard InChI is InChI=1S/C24H31FN4O3.HI/c1-2-26-24(27-11-3-4-14-32-19-9-7-18(25)8-10-19)28-12-13-29-22(30)20-16-5-6-17(15-16)21(20)23(29)31;/h5-10,16-17,20-21H,2-4,11-15H2,1H3,(H2,26,27,28);1H. The summed E-state index contributed by atoms with van der Waals surface area (Å²) in [5.74, 6) is 1.23. The molecule has 4 rings (SSSR count). The molecule has 3 aliphatic rings. The van der Waals surface area contributed by atoms with Crippen molar-refractivity contribution >= 4 is 41.8 Å². The monoisotopic (exact) mass is 570 g/mol. The molecular weight excluding hydrogens is 538 g/mol. The van der Waals surface area contributed by atoms with Gasteiger partial charge in [0, 0.05) is 26.2 Å². The lowest BCUT2D eigenvalue weighted by Crippen LogP contribution is -2.43. The Morgan fingerprint density at radius 3 is 2.39 bits per heavy atom. The first-order valence-corrected chi connectivity index (χ1v) is 11.5. The minimum absolute atomic E-state index is 0. The lowest BCUT2D eigenvalue weighted by Gasteiger charge is -2.18. The summed E-state index contributed by atoms with van der Waals surface area (Å²) in [6.45, 7) is 4.72. The van der Waals surface area contributed by atoms with E-state index in [0.717, 1.165) is 25.8 Å². The molecule has 180 valence electrons. The summed E-state index contributed by atoms with van der Waals surface area (Å²) in [6, 6.07) is 5.99. The first-order valence-electron chi connectivity index (χ1n) is 11.5. The summed E-state index contributed by atoms with van der Waals surface area (Å²) in [5.41, 5.74) is 0. The zero-order valence-corrected chi connectivity index (χ0v) is 21.2. The summed E-state index contributed by atoms with van der Waals surface area (Å²) >= 11 is 0. The van der Waals surface area contributed by atoms with Gasteiger partial charge in [-0.05, 0) is 62.3 Å². The number of hydrogen-bond donors (Lipinski definition) is 2. The molecule has 4 unspecified atom stereocenters. The van der Waals surface area contributed by atoms with Gasteiger partial charge in [-0.15, -0.1) is 24.0 Å². The van der Waals surface area contributed by atoms with Crippen LogP contribution in [-0.2, 0) is 9.59 Å². The first-order chi connectivity index (χ1) is 15.6. The molecule has 4 atom stereocenters. The quantitative estimate of drug-likeness (QED) is 0.113. The number of unbranched alkanes of at least 4 members (excludes halogenated alkanes) is 1. The van der Waals surface area contributed by atoms with Gasteiger partial charge in [0.1, 0.15) is 11.6 Å². The Morgan fingerprint density at radius 1 is 1.09 bits per heavy atom. The topological polar surface area (TPSA) is 83.0 Å². The Kier molecular flexibility index (Phi) is 9.10. The van der Waals surface area contributed by atoms with E-state index >= 15 is 0 Å². The number of nitrogens with zero attached hydrogens (tertiary/aromatic N) is 2. The maximum atomic E-state index is 12.9. The van der Waals surface area contributed by atoms with Crippen molar-refractivity contribution in [1.82, 2.24) is 15.5 Å². The number of carbonyl (C=O) groups excluding carboxylic acids is 2. The molecule has 0 aromatic heterocycles. The van der Waals surface area contributed by atoms with Gasteiger partial charge >= 0.3 is 0 Å². The molecule has 0 spiro atoms. The van der Waals surface area contributed by atoms with E-state index in [9.17, 15) is 14.0 Å². The highest BCUT2D eigenvalue weighted by molar-refractivity contribution is 14.0. The number of fused-ring (bicyclic) bond motifs is 5. The van der Waals surface area contributed by atoms with Gasteiger partial charge < -0.3 is 15.4 Å². The largest absolute Gasteiger partial charge is 0.494 e. The van der Waals surface area contributed by atoms with Gasteiger partial charge in [0.05, 0.1) is 18.4 Å². The highest BCUT2D eigenvalue weighted by Gasteiger charge is 2.58. The van der Waals surface area contributed by atoms with Gasteiger partial charge in [-0.3, -0.25) is 19.5 Å². The Hall–Kier alpha value is -2.17. The number of hydrogen-bond acceptors (Lipinski definition) is 4. The lowest BCUT2D eigenvalue weighted by atomic mass is 9.85. The van der Waals surface area contributed by atoms with Crippen molar-refractivity contribution in [2.45, 2.75) is 26.2 Å². The molecule has 1 aliphatic heterocycles. The van der Waals surface area contributed by atoms with Crippen molar-refractivity contribution in [3.8, 4) is 5.75 Å². The van der Waals surface area contributed by atoms with E-state index in [2.05, 4.69) is 27.8 Å². The van der Waals surface area contributed by atoms with Crippen molar-refractivity contribution in [3.05, 3.63) is 42.2 Å². The van der Waals surface area contributed by atoms with Crippen LogP contribution in [0.1, 0.15) is 26.2 Å². The molecule has 2 bridgehead atoms. The third-order valence-electron chi connectivity index (χ3n) is 6.44. The van der Waals surface area contributed by atoms with Crippen LogP contribution in [0, 0.1) is 29.5 Å². The average Bonchev–Trinajstić information content (AvgIpc) is 3.47. The zero-order chi connectivity index (χ0) is 22.5. The van der Waals surface area contributed by atoms with E-state index in [1.54, 1.807) is 12.1 Å². The fourth-order valence-corrected chi connectivity index (χ4v) is 4.94. The van der Waals surface area contributed by atoms with E-state index in [0.29, 0.717) is 38.0 Å². The second kappa shape index (κ2) is 11.8. The summed E-state index contributed by atoms with van der Waals surface area (Å²) < 4.78 is 18.5. The summed E-state index contributed by atoms with van der Waals surface area (Å²) in [7, 11) is 0. The number of halogens is 2. The van der Waals surface area contributed by atoms with E-state index < -0.39 is 0 Å². The maximum Gasteiger partial charge on any atom is 0.233 e. The summed E-state index contributed by atoms with van der Waals surface area (Å²) in [4.78, 5) is 31.5. The Balaban J connectivity index is 0.00000306. The number of allylic oxidation sites excluding steroid dienone is 2. The first kappa shape index (κ1) is 25.5. The molecule has 33 heavy (non-hydrogen) atoms. The number of guanidine groups is 1. The predicted octanol–water partition coefficient (Wildman–Crippen LogP) is 2.96. The van der Waals surface area contributed by atoms with E-state index in [4.69, 9.17) is 4.74 Å². The molecule has 7 nitrogen and oxygen atoms in total. The second-order valence-electron chi connectivity index (χ2n) is 8.52. The van der Waals surface area contributed by atoms with Gasteiger partial charge in [0.15, 0.2) is 5.96 Å². The van der Waals surface area contributed by atoms with Crippen LogP contribution in [0.3, 0.4) is 0 Å². The van der Waals surface area contributed by atoms with Gasteiger partial charge in [-0.2, -0.15) is 0 Å². The minimum Gasteiger partial charge on any atom is -0.494 e. The molecular formula is C24H32FIN4O3. The molecule has 1 saturated carbocycles. The van der Waals surface area contributed by atoms with Crippen molar-refractivity contribution in [1.29, 1.82) is 0 Å². The Bertz CT molecular complexity index is 862.